The molecule has 2 atom stereocenters. The predicted molar refractivity (Wildman–Crippen MR) is 80.3 cm³/mol. The van der Waals surface area contributed by atoms with Crippen LogP contribution in [0.3, 0.4) is 0 Å². The highest BCUT2D eigenvalue weighted by Gasteiger charge is 2.35. The molecule has 0 radical (unpaired) electrons. The molecule has 0 amide bonds. The minimum Gasteiger partial charge on any atom is -0.327 e. The van der Waals surface area contributed by atoms with Gasteiger partial charge in [0.15, 0.2) is 0 Å². The lowest BCUT2D eigenvalue weighted by Gasteiger charge is -2.47. The quantitative estimate of drug-likeness (QED) is 0.884. The van der Waals surface area contributed by atoms with Crippen LogP contribution in [0.2, 0.25) is 0 Å². The van der Waals surface area contributed by atoms with Gasteiger partial charge in [-0.1, -0.05) is 36.8 Å². The Bertz CT molecular complexity index is 419. The molecule has 1 aromatic rings. The first-order valence-electron chi connectivity index (χ1n) is 7.68. The van der Waals surface area contributed by atoms with Gasteiger partial charge in [-0.05, 0) is 43.6 Å². The Morgan fingerprint density at radius 2 is 1.74 bits per heavy atom. The Kier molecular flexibility index (Phi) is 3.64. The first-order chi connectivity index (χ1) is 9.11. The molecule has 19 heavy (non-hydrogen) atoms. The van der Waals surface area contributed by atoms with Crippen LogP contribution in [-0.2, 0) is 0 Å². The molecule has 2 unspecified atom stereocenters. The Morgan fingerprint density at radius 1 is 1.05 bits per heavy atom. The monoisotopic (exact) mass is 258 g/mol. The van der Waals surface area contributed by atoms with Crippen LogP contribution in [0.25, 0.3) is 0 Å². The van der Waals surface area contributed by atoms with Crippen molar-refractivity contribution >= 4 is 0 Å². The largest absolute Gasteiger partial charge is 0.327 e. The van der Waals surface area contributed by atoms with E-state index < -0.39 is 0 Å². The standard InChI is InChI=1S/C17H26N2/c1-12-3-5-14(6-4-12)15-9-16(18)11-19(10-15)17-7-13(2)8-17/h3-6,13,15-17H,7-11,18H2,1-2H3. The number of nitrogens with two attached hydrogens (primary N) is 1. The highest BCUT2D eigenvalue weighted by atomic mass is 15.2. The molecule has 0 bridgehead atoms. The van der Waals surface area contributed by atoms with Gasteiger partial charge in [-0.3, -0.25) is 4.90 Å². The van der Waals surface area contributed by atoms with E-state index >= 15 is 0 Å². The lowest BCUT2D eigenvalue weighted by Crippen LogP contribution is -2.53. The van der Waals surface area contributed by atoms with E-state index in [2.05, 4.69) is 43.0 Å². The van der Waals surface area contributed by atoms with Gasteiger partial charge in [-0.15, -0.1) is 0 Å². The number of aryl methyl sites for hydroxylation is 1. The summed E-state index contributed by atoms with van der Waals surface area (Å²) in [7, 11) is 0. The maximum Gasteiger partial charge on any atom is 0.0174 e. The number of nitrogens with zero attached hydrogens (tertiary/aromatic N) is 1. The molecule has 0 aromatic heterocycles. The maximum absolute atomic E-state index is 6.29. The molecule has 104 valence electrons. The van der Waals surface area contributed by atoms with E-state index in [0.717, 1.165) is 24.9 Å². The molecule has 2 heteroatoms. The fourth-order valence-corrected chi connectivity index (χ4v) is 3.71. The first kappa shape index (κ1) is 13.1. The Hall–Kier alpha value is -0.860. The van der Waals surface area contributed by atoms with Crippen molar-refractivity contribution in [2.24, 2.45) is 11.7 Å². The predicted octanol–water partition coefficient (Wildman–Crippen LogP) is 2.91. The summed E-state index contributed by atoms with van der Waals surface area (Å²) in [5.74, 6) is 1.54. The van der Waals surface area contributed by atoms with Crippen molar-refractivity contribution in [1.29, 1.82) is 0 Å². The zero-order valence-electron chi connectivity index (χ0n) is 12.2. The fourth-order valence-electron chi connectivity index (χ4n) is 3.71. The van der Waals surface area contributed by atoms with Gasteiger partial charge in [0, 0.05) is 25.2 Å². The normalized spacial score (nSPS) is 35.9. The van der Waals surface area contributed by atoms with Crippen molar-refractivity contribution in [2.45, 2.75) is 51.1 Å². The summed E-state index contributed by atoms with van der Waals surface area (Å²) in [4.78, 5) is 2.65. The second-order valence-corrected chi connectivity index (χ2v) is 6.79. The summed E-state index contributed by atoms with van der Waals surface area (Å²) >= 11 is 0. The molecule has 1 aliphatic heterocycles. The van der Waals surface area contributed by atoms with Crippen LogP contribution in [0.15, 0.2) is 24.3 Å². The molecule has 0 spiro atoms. The van der Waals surface area contributed by atoms with Crippen LogP contribution in [-0.4, -0.2) is 30.1 Å². The van der Waals surface area contributed by atoms with Gasteiger partial charge in [0.1, 0.15) is 0 Å². The van der Waals surface area contributed by atoms with Gasteiger partial charge < -0.3 is 5.73 Å². The molecule has 1 heterocycles. The van der Waals surface area contributed by atoms with E-state index in [1.54, 1.807) is 0 Å². The van der Waals surface area contributed by atoms with Crippen LogP contribution in [0.1, 0.15) is 43.2 Å². The minimum absolute atomic E-state index is 0.343. The average Bonchev–Trinajstić information content (AvgIpc) is 2.35. The molecule has 1 aliphatic carbocycles. The van der Waals surface area contributed by atoms with Crippen LogP contribution < -0.4 is 5.73 Å². The molecule has 3 rings (SSSR count). The van der Waals surface area contributed by atoms with E-state index in [-0.39, 0.29) is 0 Å². The van der Waals surface area contributed by atoms with Crippen molar-refractivity contribution < 1.29 is 0 Å². The minimum atomic E-state index is 0.343. The lowest BCUT2D eigenvalue weighted by atomic mass is 9.78. The van der Waals surface area contributed by atoms with Crippen molar-refractivity contribution in [3.8, 4) is 0 Å². The summed E-state index contributed by atoms with van der Waals surface area (Å²) in [5, 5.41) is 0. The zero-order valence-corrected chi connectivity index (χ0v) is 12.2. The summed E-state index contributed by atoms with van der Waals surface area (Å²) in [6.45, 7) is 6.81. The summed E-state index contributed by atoms with van der Waals surface area (Å²) in [5.41, 5.74) is 9.10. The molecule has 2 aliphatic rings. The van der Waals surface area contributed by atoms with Gasteiger partial charge in [0.05, 0.1) is 0 Å². The first-order valence-corrected chi connectivity index (χ1v) is 7.68. The van der Waals surface area contributed by atoms with E-state index in [9.17, 15) is 0 Å². The second kappa shape index (κ2) is 5.26. The third-order valence-electron chi connectivity index (χ3n) is 4.93. The average molecular weight is 258 g/mol. The highest BCUT2D eigenvalue weighted by molar-refractivity contribution is 5.25. The molecule has 1 saturated heterocycles. The second-order valence-electron chi connectivity index (χ2n) is 6.79. The molecule has 2 N–H and O–H groups in total. The Morgan fingerprint density at radius 3 is 2.37 bits per heavy atom. The van der Waals surface area contributed by atoms with E-state index in [1.807, 2.05) is 0 Å². The van der Waals surface area contributed by atoms with Crippen LogP contribution in [0.5, 0.6) is 0 Å². The molecule has 2 fully saturated rings. The number of hydrogen-bond acceptors (Lipinski definition) is 2. The SMILES string of the molecule is Cc1ccc(C2CC(N)CN(C3CC(C)C3)C2)cc1. The number of benzene rings is 1. The van der Waals surface area contributed by atoms with Gasteiger partial charge >= 0.3 is 0 Å². The van der Waals surface area contributed by atoms with Crippen LogP contribution in [0.4, 0.5) is 0 Å². The van der Waals surface area contributed by atoms with E-state index in [0.29, 0.717) is 12.0 Å². The number of hydrogen-bond donors (Lipinski definition) is 1. The number of rotatable bonds is 2. The smallest absolute Gasteiger partial charge is 0.0174 e. The van der Waals surface area contributed by atoms with Crippen molar-refractivity contribution in [2.75, 3.05) is 13.1 Å². The molecular weight excluding hydrogens is 232 g/mol. The summed E-state index contributed by atoms with van der Waals surface area (Å²) in [6, 6.07) is 10.2. The highest BCUT2D eigenvalue weighted by Crippen LogP contribution is 2.35. The van der Waals surface area contributed by atoms with Crippen molar-refractivity contribution in [3.05, 3.63) is 35.4 Å². The Balaban J connectivity index is 1.69. The molecule has 1 aromatic carbocycles. The summed E-state index contributed by atoms with van der Waals surface area (Å²) in [6.07, 6.45) is 3.88. The molecule has 2 nitrogen and oxygen atoms in total. The zero-order chi connectivity index (χ0) is 13.4. The number of likely N-dealkylation sites (tertiary alicyclic amines) is 1. The van der Waals surface area contributed by atoms with Crippen LogP contribution in [0, 0.1) is 12.8 Å². The van der Waals surface area contributed by atoms with Gasteiger partial charge in [-0.25, -0.2) is 0 Å². The lowest BCUT2D eigenvalue weighted by molar-refractivity contribution is 0.0542. The van der Waals surface area contributed by atoms with Crippen LogP contribution >= 0.6 is 0 Å². The fraction of sp³-hybridized carbons (Fsp3) is 0.647. The third kappa shape index (κ3) is 2.85. The maximum atomic E-state index is 6.29. The number of piperidine rings is 1. The Labute approximate surface area is 117 Å². The molecular formula is C17H26N2. The molecule has 1 saturated carbocycles. The summed E-state index contributed by atoms with van der Waals surface area (Å²) < 4.78 is 0. The van der Waals surface area contributed by atoms with Crippen molar-refractivity contribution in [1.82, 2.24) is 4.90 Å². The van der Waals surface area contributed by atoms with Crippen molar-refractivity contribution in [3.63, 3.8) is 0 Å². The van der Waals surface area contributed by atoms with Gasteiger partial charge in [0.2, 0.25) is 0 Å². The third-order valence-corrected chi connectivity index (χ3v) is 4.93. The van der Waals surface area contributed by atoms with E-state index in [4.69, 9.17) is 5.73 Å². The topological polar surface area (TPSA) is 29.3 Å². The van der Waals surface area contributed by atoms with Gasteiger partial charge in [-0.2, -0.15) is 0 Å². The van der Waals surface area contributed by atoms with Gasteiger partial charge in [0.25, 0.3) is 0 Å². The van der Waals surface area contributed by atoms with E-state index in [1.165, 1.54) is 30.5 Å².